The molecular weight excluding hydrogens is 638 g/mol. The van der Waals surface area contributed by atoms with Crippen LogP contribution in [-0.2, 0) is 35.2 Å². The number of aromatic amines is 1. The summed E-state index contributed by atoms with van der Waals surface area (Å²) in [6, 6.07) is 2.99. The van der Waals surface area contributed by atoms with E-state index in [4.69, 9.17) is 0 Å². The second-order valence-corrected chi connectivity index (χ2v) is 14.7. The molecule has 5 atom stereocenters. The van der Waals surface area contributed by atoms with Crippen molar-refractivity contribution in [3.05, 3.63) is 35.5 Å². The molecule has 3 heterocycles. The van der Waals surface area contributed by atoms with Gasteiger partial charge in [-0.15, -0.1) is 0 Å². The van der Waals surface area contributed by atoms with E-state index >= 15 is 0 Å². The minimum atomic E-state index is -1.56. The zero-order valence-electron chi connectivity index (χ0n) is 27.7. The summed E-state index contributed by atoms with van der Waals surface area (Å²) < 4.78 is -0.838. The molecule has 5 amide bonds. The molecule has 0 unspecified atom stereocenters. The molecule has 0 spiro atoms. The molecule has 1 aromatic carbocycles. The minimum Gasteiger partial charge on any atom is -0.481 e. The lowest BCUT2D eigenvalue weighted by atomic mass is 9.97. The van der Waals surface area contributed by atoms with Crippen LogP contribution in [0.3, 0.4) is 0 Å². The van der Waals surface area contributed by atoms with Gasteiger partial charge in [0.2, 0.25) is 29.5 Å². The third kappa shape index (κ3) is 8.10. The molecule has 0 saturated carbocycles. The number of nitrogens with zero attached hydrogens (tertiary/aromatic N) is 2. The van der Waals surface area contributed by atoms with Crippen molar-refractivity contribution in [2.45, 2.75) is 94.8 Å². The van der Waals surface area contributed by atoms with Crippen LogP contribution in [0, 0.1) is 17.2 Å². The van der Waals surface area contributed by atoms with Gasteiger partial charge in [0.15, 0.2) is 0 Å². The lowest BCUT2D eigenvalue weighted by Gasteiger charge is -2.35. The zero-order valence-corrected chi connectivity index (χ0v) is 28.5. The number of carboxylic acids is 1. The number of hydrogen-bond acceptors (Lipinski definition) is 8. The van der Waals surface area contributed by atoms with Crippen LogP contribution in [0.1, 0.15) is 64.6 Å². The van der Waals surface area contributed by atoms with Gasteiger partial charge in [0.1, 0.15) is 42.0 Å². The number of benzene rings is 1. The standard InChI is InChI=1S/C33H43N7O7S/c1-17(2)13-21-28(43)36-22(14-19-18-9-6-7-10-20(18)35-24(19)16-34)29(44)38-23(15-26(41)42)32(47)40-12-8-11-25(40)30(45)39-27(31(46)37-21)33(3,4)48-5/h6-7,9-10,17,21-23,25,27,35H,8,11-15H2,1-5H3,(H,36,43)(H,37,46)(H,38,44)(H,39,45)(H,41,42)/t21-,22-,23+,25-,27-/m0/s1. The Bertz CT molecular complexity index is 1630. The summed E-state index contributed by atoms with van der Waals surface area (Å²) in [5, 5.41) is 31.1. The predicted octanol–water partition coefficient (Wildman–Crippen LogP) is 1.19. The Labute approximate surface area is 283 Å². The molecule has 2 saturated heterocycles. The van der Waals surface area contributed by atoms with E-state index in [1.54, 1.807) is 44.4 Å². The molecule has 258 valence electrons. The molecule has 6 N–H and O–H groups in total. The molecule has 14 nitrogen and oxygen atoms in total. The number of rotatable bonds is 8. The number of carbonyl (C=O) groups excluding carboxylic acids is 5. The maximum absolute atomic E-state index is 14.0. The Kier molecular flexibility index (Phi) is 11.4. The summed E-state index contributed by atoms with van der Waals surface area (Å²) in [6.45, 7) is 7.43. The van der Waals surface area contributed by atoms with E-state index < -0.39 is 76.9 Å². The highest BCUT2D eigenvalue weighted by Crippen LogP contribution is 2.28. The molecule has 0 bridgehead atoms. The van der Waals surface area contributed by atoms with Crippen LogP contribution in [0.15, 0.2) is 24.3 Å². The average Bonchev–Trinajstić information content (AvgIpc) is 3.66. The Morgan fingerprint density at radius 2 is 1.65 bits per heavy atom. The third-order valence-electron chi connectivity index (χ3n) is 8.91. The van der Waals surface area contributed by atoms with Crippen molar-refractivity contribution in [2.24, 2.45) is 5.92 Å². The van der Waals surface area contributed by atoms with E-state index in [-0.39, 0.29) is 37.4 Å². The number of nitriles is 1. The van der Waals surface area contributed by atoms with Gasteiger partial charge in [0.25, 0.3) is 0 Å². The number of hydrogen-bond donors (Lipinski definition) is 6. The van der Waals surface area contributed by atoms with Crippen molar-refractivity contribution < 1.29 is 33.9 Å². The first-order valence-electron chi connectivity index (χ1n) is 15.9. The number of H-pyrrole nitrogens is 1. The summed E-state index contributed by atoms with van der Waals surface area (Å²) in [7, 11) is 0. The van der Waals surface area contributed by atoms with Gasteiger partial charge >= 0.3 is 5.97 Å². The van der Waals surface area contributed by atoms with E-state index in [1.807, 2.05) is 13.8 Å². The largest absolute Gasteiger partial charge is 0.481 e. The third-order valence-corrected chi connectivity index (χ3v) is 10.2. The highest BCUT2D eigenvalue weighted by atomic mass is 32.2. The van der Waals surface area contributed by atoms with E-state index in [2.05, 4.69) is 32.3 Å². The Balaban J connectivity index is 1.83. The van der Waals surface area contributed by atoms with Gasteiger partial charge in [-0.25, -0.2) is 0 Å². The highest BCUT2D eigenvalue weighted by Gasteiger charge is 2.44. The Morgan fingerprint density at radius 3 is 2.29 bits per heavy atom. The van der Waals surface area contributed by atoms with Crippen LogP contribution in [0.5, 0.6) is 0 Å². The number of amides is 5. The molecule has 2 fully saturated rings. The van der Waals surface area contributed by atoms with Crippen LogP contribution < -0.4 is 21.3 Å². The molecule has 2 aliphatic rings. The van der Waals surface area contributed by atoms with Gasteiger partial charge in [0.05, 0.1) is 6.42 Å². The van der Waals surface area contributed by atoms with Crippen molar-refractivity contribution in [1.82, 2.24) is 31.2 Å². The van der Waals surface area contributed by atoms with Crippen LogP contribution in [0.2, 0.25) is 0 Å². The SMILES string of the molecule is CSC(C)(C)[C@H]1NC(=O)[C@@H]2CCCN2C(=O)[C@@H](CC(=O)O)NC(=O)[C@H](Cc2c(C#N)[nH]c3ccccc23)NC(=O)[C@H](CC(C)C)NC1=O. The fraction of sp³-hybridized carbons (Fsp3) is 0.545. The summed E-state index contributed by atoms with van der Waals surface area (Å²) in [6.07, 6.45) is 1.75. The normalized spacial score (nSPS) is 24.6. The quantitative estimate of drug-likeness (QED) is 0.236. The summed E-state index contributed by atoms with van der Waals surface area (Å²) in [5.41, 5.74) is 1.25. The molecule has 0 aliphatic carbocycles. The lowest BCUT2D eigenvalue weighted by molar-refractivity contribution is -0.146. The van der Waals surface area contributed by atoms with Gasteiger partial charge in [-0.2, -0.15) is 17.0 Å². The van der Waals surface area contributed by atoms with E-state index in [0.717, 1.165) is 0 Å². The van der Waals surface area contributed by atoms with Crippen LogP contribution in [-0.4, -0.2) is 98.3 Å². The number of carbonyl (C=O) groups is 6. The highest BCUT2D eigenvalue weighted by molar-refractivity contribution is 8.00. The van der Waals surface area contributed by atoms with Gasteiger partial charge in [-0.05, 0) is 56.9 Å². The number of para-hydroxylation sites is 1. The van der Waals surface area contributed by atoms with Crippen LogP contribution in [0.4, 0.5) is 0 Å². The fourth-order valence-corrected chi connectivity index (χ4v) is 6.61. The second-order valence-electron chi connectivity index (χ2n) is 13.2. The lowest BCUT2D eigenvalue weighted by Crippen LogP contribution is -2.62. The summed E-state index contributed by atoms with van der Waals surface area (Å²) in [5.74, 6) is -4.95. The van der Waals surface area contributed by atoms with Crippen molar-refractivity contribution in [2.75, 3.05) is 12.8 Å². The van der Waals surface area contributed by atoms with E-state index in [0.29, 0.717) is 22.9 Å². The number of thioether (sulfide) groups is 1. The van der Waals surface area contributed by atoms with Crippen molar-refractivity contribution in [1.29, 1.82) is 5.26 Å². The first kappa shape index (κ1) is 36.3. The van der Waals surface area contributed by atoms with Crippen molar-refractivity contribution >= 4 is 58.2 Å². The van der Waals surface area contributed by atoms with Crippen LogP contribution >= 0.6 is 11.8 Å². The minimum absolute atomic E-state index is 0.0690. The van der Waals surface area contributed by atoms with Gasteiger partial charge in [-0.3, -0.25) is 28.8 Å². The average molecular weight is 682 g/mol. The molecule has 48 heavy (non-hydrogen) atoms. The molecule has 2 aliphatic heterocycles. The smallest absolute Gasteiger partial charge is 0.305 e. The maximum Gasteiger partial charge on any atom is 0.305 e. The molecule has 0 radical (unpaired) electrons. The maximum atomic E-state index is 14.0. The Hall–Kier alpha value is -4.58. The second kappa shape index (κ2) is 15.1. The first-order chi connectivity index (χ1) is 22.7. The molecule has 15 heteroatoms. The molecule has 2 aromatic rings. The zero-order chi connectivity index (χ0) is 35.3. The number of fused-ring (bicyclic) bond motifs is 2. The molecule has 1 aromatic heterocycles. The van der Waals surface area contributed by atoms with E-state index in [9.17, 15) is 39.1 Å². The number of aliphatic carboxylic acids is 1. The van der Waals surface area contributed by atoms with Gasteiger partial charge in [-0.1, -0.05) is 32.0 Å². The number of aromatic nitrogens is 1. The van der Waals surface area contributed by atoms with Crippen molar-refractivity contribution in [3.8, 4) is 6.07 Å². The fourth-order valence-electron chi connectivity index (χ4n) is 6.21. The first-order valence-corrected chi connectivity index (χ1v) is 17.2. The summed E-state index contributed by atoms with van der Waals surface area (Å²) in [4.78, 5) is 85.7. The van der Waals surface area contributed by atoms with E-state index in [1.165, 1.54) is 16.7 Å². The molecule has 4 rings (SSSR count). The Morgan fingerprint density at radius 1 is 1.00 bits per heavy atom. The monoisotopic (exact) mass is 681 g/mol. The predicted molar refractivity (Wildman–Crippen MR) is 178 cm³/mol. The van der Waals surface area contributed by atoms with Crippen molar-refractivity contribution in [3.63, 3.8) is 0 Å². The van der Waals surface area contributed by atoms with Gasteiger partial charge < -0.3 is 36.3 Å². The van der Waals surface area contributed by atoms with Crippen LogP contribution in [0.25, 0.3) is 10.9 Å². The molecular formula is C33H43N7O7S. The topological polar surface area (TPSA) is 214 Å². The number of carboxylic acid groups (broad SMARTS) is 1. The van der Waals surface area contributed by atoms with Gasteiger partial charge in [0, 0.05) is 28.6 Å². The summed E-state index contributed by atoms with van der Waals surface area (Å²) >= 11 is 1.34. The number of nitrogens with one attached hydrogen (secondary N) is 5.